The fourth-order valence-electron chi connectivity index (χ4n) is 8.65. The van der Waals surface area contributed by atoms with E-state index in [4.69, 9.17) is 13.8 Å². The van der Waals surface area contributed by atoms with Crippen LogP contribution in [-0.2, 0) is 0 Å². The molecule has 0 fully saturated rings. The van der Waals surface area contributed by atoms with E-state index in [1.165, 1.54) is 43.1 Å². The molecule has 4 nitrogen and oxygen atoms in total. The van der Waals surface area contributed by atoms with Crippen LogP contribution in [0.25, 0.3) is 98.4 Å². The fraction of sp³-hybridized carbons (Fsp3) is 0. The summed E-state index contributed by atoms with van der Waals surface area (Å²) in [6.45, 7) is 0. The van der Waals surface area contributed by atoms with E-state index in [0.717, 1.165) is 66.4 Å². The minimum atomic E-state index is 0.579. The minimum absolute atomic E-state index is 0.579. The van der Waals surface area contributed by atoms with Gasteiger partial charge in [-0.2, -0.15) is 0 Å². The van der Waals surface area contributed by atoms with Crippen molar-refractivity contribution in [2.24, 2.45) is 0 Å². The highest BCUT2D eigenvalue weighted by molar-refractivity contribution is 6.22. The van der Waals surface area contributed by atoms with Crippen molar-refractivity contribution in [3.63, 3.8) is 0 Å². The summed E-state index contributed by atoms with van der Waals surface area (Å²) in [7, 11) is 0. The van der Waals surface area contributed by atoms with Crippen molar-refractivity contribution in [2.45, 2.75) is 0 Å². The van der Waals surface area contributed by atoms with Crippen molar-refractivity contribution in [2.75, 3.05) is 4.90 Å². The molecule has 2 heterocycles. The zero-order valence-corrected chi connectivity index (χ0v) is 29.5. The summed E-state index contributed by atoms with van der Waals surface area (Å²) < 4.78 is 13.1. The maximum absolute atomic E-state index is 6.69. The molecule has 2 aromatic heterocycles. The first-order valence-electron chi connectivity index (χ1n) is 18.6. The number of hydrogen-bond acceptors (Lipinski definition) is 4. The molecule has 0 aliphatic heterocycles. The Kier molecular flexibility index (Phi) is 6.31. The molecule has 0 radical (unpaired) electrons. The van der Waals surface area contributed by atoms with Crippen LogP contribution in [0.2, 0.25) is 0 Å². The number of benzene rings is 10. The summed E-state index contributed by atoms with van der Waals surface area (Å²) in [6, 6.07) is 64.7. The zero-order chi connectivity index (χ0) is 36.0. The van der Waals surface area contributed by atoms with Gasteiger partial charge in [0.2, 0.25) is 5.89 Å². The molecular weight excluding hydrogens is 673 g/mol. The van der Waals surface area contributed by atoms with Gasteiger partial charge >= 0.3 is 0 Å². The second-order valence-electron chi connectivity index (χ2n) is 14.3. The molecule has 0 spiro atoms. The average Bonchev–Trinajstić information content (AvgIpc) is 3.83. The third kappa shape index (κ3) is 4.62. The smallest absolute Gasteiger partial charge is 0.228 e. The van der Waals surface area contributed by atoms with Gasteiger partial charge in [-0.05, 0) is 103 Å². The van der Waals surface area contributed by atoms with E-state index >= 15 is 0 Å². The van der Waals surface area contributed by atoms with Gasteiger partial charge in [-0.15, -0.1) is 0 Å². The maximum Gasteiger partial charge on any atom is 0.228 e. The van der Waals surface area contributed by atoms with Gasteiger partial charge in [0, 0.05) is 39.2 Å². The van der Waals surface area contributed by atoms with Crippen LogP contribution in [-0.4, -0.2) is 4.98 Å². The molecule has 55 heavy (non-hydrogen) atoms. The number of fused-ring (bicyclic) bond motifs is 11. The van der Waals surface area contributed by atoms with Gasteiger partial charge in [0.15, 0.2) is 5.58 Å². The molecule has 256 valence electrons. The van der Waals surface area contributed by atoms with Crippen molar-refractivity contribution in [1.82, 2.24) is 4.98 Å². The van der Waals surface area contributed by atoms with Gasteiger partial charge in [0.25, 0.3) is 0 Å². The fourth-order valence-corrected chi connectivity index (χ4v) is 8.65. The molecule has 0 saturated carbocycles. The van der Waals surface area contributed by atoms with E-state index in [2.05, 4.69) is 163 Å². The molecule has 0 aliphatic carbocycles. The van der Waals surface area contributed by atoms with Crippen molar-refractivity contribution in [3.05, 3.63) is 182 Å². The normalized spacial score (nSPS) is 12.0. The summed E-state index contributed by atoms with van der Waals surface area (Å²) >= 11 is 0. The highest BCUT2D eigenvalue weighted by Crippen LogP contribution is 2.45. The Bertz CT molecular complexity index is 3470. The topological polar surface area (TPSA) is 42.4 Å². The molecule has 4 heteroatoms. The van der Waals surface area contributed by atoms with Crippen LogP contribution in [0.1, 0.15) is 0 Å². The summed E-state index contributed by atoms with van der Waals surface area (Å²) in [6.07, 6.45) is 0. The highest BCUT2D eigenvalue weighted by Gasteiger charge is 2.22. The van der Waals surface area contributed by atoms with E-state index in [9.17, 15) is 0 Å². The number of rotatable bonds is 4. The van der Waals surface area contributed by atoms with Crippen LogP contribution in [0, 0.1) is 0 Å². The standard InChI is InChI=1S/C51H30N2O2/c1-2-11-34-27-37(22-19-31(34)9-1)53(45-17-7-14-33-21-24-40-39-15-6-5-10-32(39)20-25-41(40)49(33)45)38-23-26-42-47(30-38)54-46-18-8-16-43(50(42)46)51-52-44-28-35-12-3-4-13-36(35)29-48(44)55-51/h1-30H. The molecule has 0 N–H and O–H groups in total. The van der Waals surface area contributed by atoms with E-state index in [1.807, 2.05) is 24.3 Å². The molecule has 0 saturated heterocycles. The van der Waals surface area contributed by atoms with Gasteiger partial charge in [-0.25, -0.2) is 4.98 Å². The zero-order valence-electron chi connectivity index (χ0n) is 29.5. The second-order valence-corrected chi connectivity index (χ2v) is 14.3. The SMILES string of the molecule is c1ccc2cc(N(c3ccc4c(c3)oc3cccc(-c5nc6cc7ccccc7cc6o5)c34)c3cccc4ccc5c6ccccc6ccc5c34)ccc2c1. The monoisotopic (exact) mass is 702 g/mol. The van der Waals surface area contributed by atoms with Crippen molar-refractivity contribution in [1.29, 1.82) is 0 Å². The number of furan rings is 1. The highest BCUT2D eigenvalue weighted by atomic mass is 16.3. The Morgan fingerprint density at radius 2 is 1.02 bits per heavy atom. The molecule has 0 atom stereocenters. The Hall–Kier alpha value is -7.43. The van der Waals surface area contributed by atoms with Crippen LogP contribution >= 0.6 is 0 Å². The molecule has 12 rings (SSSR count). The second kappa shape index (κ2) is 11.5. The van der Waals surface area contributed by atoms with Crippen LogP contribution in [0.4, 0.5) is 17.1 Å². The summed E-state index contributed by atoms with van der Waals surface area (Å²) in [4.78, 5) is 7.35. The van der Waals surface area contributed by atoms with Crippen LogP contribution < -0.4 is 4.90 Å². The van der Waals surface area contributed by atoms with Crippen molar-refractivity contribution in [3.8, 4) is 11.5 Å². The Morgan fingerprint density at radius 1 is 0.364 bits per heavy atom. The van der Waals surface area contributed by atoms with Crippen molar-refractivity contribution >= 4 is 104 Å². The number of hydrogen-bond donors (Lipinski definition) is 0. The molecule has 10 aromatic carbocycles. The van der Waals surface area contributed by atoms with Crippen LogP contribution in [0.15, 0.2) is 191 Å². The number of oxazole rings is 1. The average molecular weight is 703 g/mol. The number of anilines is 3. The predicted octanol–water partition coefficient (Wildman–Crippen LogP) is 14.6. The van der Waals surface area contributed by atoms with Crippen molar-refractivity contribution < 1.29 is 8.83 Å². The lowest BCUT2D eigenvalue weighted by atomic mass is 9.95. The van der Waals surface area contributed by atoms with Gasteiger partial charge in [0.1, 0.15) is 16.7 Å². The molecule has 0 amide bonds. The summed E-state index contributed by atoms with van der Waals surface area (Å²) in [5, 5.41) is 14.0. The summed E-state index contributed by atoms with van der Waals surface area (Å²) in [5.74, 6) is 0.579. The van der Waals surface area contributed by atoms with Gasteiger partial charge in [-0.1, -0.05) is 121 Å². The lowest BCUT2D eigenvalue weighted by Gasteiger charge is -2.28. The first kappa shape index (κ1) is 30.1. The summed E-state index contributed by atoms with van der Waals surface area (Å²) in [5.41, 5.74) is 7.26. The van der Waals surface area contributed by atoms with Crippen LogP contribution in [0.5, 0.6) is 0 Å². The molecule has 12 aromatic rings. The third-order valence-electron chi connectivity index (χ3n) is 11.2. The quantitative estimate of drug-likeness (QED) is 0.171. The lowest BCUT2D eigenvalue weighted by molar-refractivity contribution is 0.620. The maximum atomic E-state index is 6.69. The predicted molar refractivity (Wildman–Crippen MR) is 229 cm³/mol. The van der Waals surface area contributed by atoms with E-state index < -0.39 is 0 Å². The van der Waals surface area contributed by atoms with Gasteiger partial charge < -0.3 is 13.7 Å². The minimum Gasteiger partial charge on any atom is -0.456 e. The largest absolute Gasteiger partial charge is 0.456 e. The van der Waals surface area contributed by atoms with E-state index in [-0.39, 0.29) is 0 Å². The first-order valence-corrected chi connectivity index (χ1v) is 18.6. The Morgan fingerprint density at radius 3 is 1.91 bits per heavy atom. The Labute approximate surface area is 315 Å². The lowest BCUT2D eigenvalue weighted by Crippen LogP contribution is -2.10. The Balaban J connectivity index is 1.09. The van der Waals surface area contributed by atoms with E-state index in [1.54, 1.807) is 0 Å². The molecular formula is C51H30N2O2. The molecule has 0 unspecified atom stereocenters. The number of aromatic nitrogens is 1. The first-order chi connectivity index (χ1) is 27.2. The molecule has 0 bridgehead atoms. The van der Waals surface area contributed by atoms with Gasteiger partial charge in [-0.3, -0.25) is 0 Å². The number of nitrogens with zero attached hydrogens (tertiary/aromatic N) is 2. The van der Waals surface area contributed by atoms with Gasteiger partial charge in [0.05, 0.1) is 5.69 Å². The molecule has 0 aliphatic rings. The van der Waals surface area contributed by atoms with Crippen LogP contribution in [0.3, 0.4) is 0 Å². The van der Waals surface area contributed by atoms with E-state index in [0.29, 0.717) is 5.89 Å². The third-order valence-corrected chi connectivity index (χ3v) is 11.2.